The van der Waals surface area contributed by atoms with E-state index in [2.05, 4.69) is 41.5 Å². The van der Waals surface area contributed by atoms with E-state index in [1.807, 2.05) is 48.5 Å². The highest BCUT2D eigenvalue weighted by Crippen LogP contribution is 2.23. The lowest BCUT2D eigenvalue weighted by molar-refractivity contribution is 0.104. The van der Waals surface area contributed by atoms with Gasteiger partial charge in [0, 0.05) is 0 Å². The molecular formula is C22H26AlO2. The summed E-state index contributed by atoms with van der Waals surface area (Å²) in [5, 5.41) is 0. The van der Waals surface area contributed by atoms with Crippen molar-refractivity contribution < 1.29 is 9.59 Å². The van der Waals surface area contributed by atoms with E-state index in [0.717, 1.165) is 0 Å². The van der Waals surface area contributed by atoms with Crippen LogP contribution in [0.2, 0.25) is 0 Å². The Hall–Kier alpha value is -1.69. The van der Waals surface area contributed by atoms with Crippen molar-refractivity contribution in [3.63, 3.8) is 0 Å². The molecule has 0 aliphatic heterocycles. The Morgan fingerprint density at radius 1 is 0.600 bits per heavy atom. The summed E-state index contributed by atoms with van der Waals surface area (Å²) in [6.45, 7) is 12.8. The van der Waals surface area contributed by atoms with Crippen LogP contribution in [0.25, 0.3) is 0 Å². The maximum Gasteiger partial charge on any atom is 0.437 e. The van der Waals surface area contributed by atoms with Gasteiger partial charge in [-0.15, -0.1) is 0 Å². The van der Waals surface area contributed by atoms with Gasteiger partial charge in [-0.05, 0) is 33.1 Å². The van der Waals surface area contributed by atoms with Crippen molar-refractivity contribution in [2.75, 3.05) is 0 Å². The average Bonchev–Trinajstić information content (AvgIpc) is 2.53. The highest BCUT2D eigenvalue weighted by Gasteiger charge is 2.20. The molecule has 0 amide bonds. The zero-order valence-corrected chi connectivity index (χ0v) is 17.2. The van der Waals surface area contributed by atoms with Crippen LogP contribution >= 0.6 is 0 Å². The van der Waals surface area contributed by atoms with E-state index >= 15 is 0 Å². The Morgan fingerprint density at radius 3 is 1.12 bits per heavy atom. The van der Waals surface area contributed by atoms with E-state index in [-0.39, 0.29) is 20.1 Å². The van der Waals surface area contributed by atoms with Gasteiger partial charge >= 0.3 is 15.2 Å². The van der Waals surface area contributed by atoms with Crippen LogP contribution < -0.4 is 0 Å². The van der Waals surface area contributed by atoms with Crippen molar-refractivity contribution >= 4 is 24.5 Å². The van der Waals surface area contributed by atoms with Crippen molar-refractivity contribution in [3.8, 4) is 0 Å². The topological polar surface area (TPSA) is 34.1 Å². The van der Waals surface area contributed by atoms with Gasteiger partial charge in [0.05, 0.1) is 9.29 Å². The maximum absolute atomic E-state index is 12.4. The van der Waals surface area contributed by atoms with Crippen LogP contribution in [-0.4, -0.2) is 24.5 Å². The van der Waals surface area contributed by atoms with Crippen LogP contribution in [0.15, 0.2) is 48.5 Å². The number of hydrogen-bond acceptors (Lipinski definition) is 2. The summed E-state index contributed by atoms with van der Waals surface area (Å²) in [7, 11) is 0. The Morgan fingerprint density at radius 2 is 0.880 bits per heavy atom. The third-order valence-corrected chi connectivity index (χ3v) is 5.52. The second kappa shape index (κ2) is 7.28. The average molecular weight is 349 g/mol. The van der Waals surface area contributed by atoms with E-state index in [1.54, 1.807) is 0 Å². The molecule has 0 bridgehead atoms. The fraction of sp³-hybridized carbons (Fsp3) is 0.364. The number of hydrogen-bond donors (Lipinski definition) is 0. The summed E-state index contributed by atoms with van der Waals surface area (Å²) in [4.78, 5) is 24.9. The summed E-state index contributed by atoms with van der Waals surface area (Å²) in [6.07, 6.45) is 0. The molecule has 0 heterocycles. The summed E-state index contributed by atoms with van der Waals surface area (Å²) in [6, 6.07) is 15.3. The zero-order valence-electron chi connectivity index (χ0n) is 16.0. The lowest BCUT2D eigenvalue weighted by atomic mass is 9.87. The zero-order chi connectivity index (χ0) is 18.8. The summed E-state index contributed by atoms with van der Waals surface area (Å²) in [5.74, 6) is 0. The first-order valence-corrected chi connectivity index (χ1v) is 9.78. The first-order chi connectivity index (χ1) is 11.5. The summed E-state index contributed by atoms with van der Waals surface area (Å²) >= 11 is -0.942. The van der Waals surface area contributed by atoms with Gasteiger partial charge in [0.25, 0.3) is 0 Å². The van der Waals surface area contributed by atoms with E-state index in [0.29, 0.717) is 11.1 Å². The van der Waals surface area contributed by atoms with Crippen molar-refractivity contribution in [2.45, 2.75) is 52.4 Å². The van der Waals surface area contributed by atoms with Gasteiger partial charge in [0.15, 0.2) is 0 Å². The smallest absolute Gasteiger partial charge is 0.316 e. The van der Waals surface area contributed by atoms with Crippen LogP contribution in [-0.2, 0) is 10.8 Å². The van der Waals surface area contributed by atoms with E-state index in [4.69, 9.17) is 0 Å². The van der Waals surface area contributed by atoms with Crippen molar-refractivity contribution in [1.29, 1.82) is 0 Å². The number of carbonyl (C=O) groups is 2. The third kappa shape index (κ3) is 5.14. The van der Waals surface area contributed by atoms with E-state index < -0.39 is 15.2 Å². The minimum absolute atomic E-state index is 0.0506. The lowest BCUT2D eigenvalue weighted by Crippen LogP contribution is -2.21. The van der Waals surface area contributed by atoms with Gasteiger partial charge in [-0.25, -0.2) is 0 Å². The van der Waals surface area contributed by atoms with Gasteiger partial charge < -0.3 is 9.59 Å². The number of carbonyl (C=O) groups excluding carboxylic acids is 2. The molecule has 0 atom stereocenters. The second-order valence-corrected chi connectivity index (χ2v) is 9.86. The Bertz CT molecular complexity index is 690. The molecule has 0 unspecified atom stereocenters. The minimum atomic E-state index is -0.942. The monoisotopic (exact) mass is 349 g/mol. The molecule has 0 saturated carbocycles. The van der Waals surface area contributed by atoms with E-state index in [1.165, 1.54) is 11.1 Å². The standard InChI is InChI=1S/2C11H13O.Al/c2*1-11(2,3)10-6-4-9(8-12)5-7-10;/h2*4-7H,1-3H3;. The molecule has 0 aliphatic rings. The first-order valence-electron chi connectivity index (χ1n) is 8.63. The largest absolute Gasteiger partial charge is 0.437 e. The Kier molecular flexibility index (Phi) is 5.72. The number of benzene rings is 2. The molecule has 0 aromatic heterocycles. The van der Waals surface area contributed by atoms with Gasteiger partial charge in [-0.3, -0.25) is 0 Å². The normalized spacial score (nSPS) is 11.9. The van der Waals surface area contributed by atoms with Crippen LogP contribution in [0, 0.1) is 0 Å². The molecule has 1 radical (unpaired) electrons. The molecule has 2 rings (SSSR count). The van der Waals surface area contributed by atoms with Crippen molar-refractivity contribution in [2.24, 2.45) is 0 Å². The quantitative estimate of drug-likeness (QED) is 0.731. The van der Waals surface area contributed by atoms with Crippen LogP contribution in [0.5, 0.6) is 0 Å². The molecule has 2 nitrogen and oxygen atoms in total. The molecule has 3 heteroatoms. The molecule has 0 saturated heterocycles. The predicted octanol–water partition coefficient (Wildman–Crippen LogP) is 4.97. The molecular weight excluding hydrogens is 323 g/mol. The summed E-state index contributed by atoms with van der Waals surface area (Å²) < 4.78 is -0.101. The van der Waals surface area contributed by atoms with Gasteiger partial charge in [-0.1, -0.05) is 90.1 Å². The van der Waals surface area contributed by atoms with Crippen molar-refractivity contribution in [3.05, 3.63) is 70.8 Å². The fourth-order valence-corrected chi connectivity index (χ4v) is 3.51. The lowest BCUT2D eigenvalue weighted by Gasteiger charge is -2.19. The molecule has 0 N–H and O–H groups in total. The molecule has 0 fully saturated rings. The van der Waals surface area contributed by atoms with Crippen LogP contribution in [0.1, 0.15) is 73.4 Å². The second-order valence-electron chi connectivity index (χ2n) is 8.53. The van der Waals surface area contributed by atoms with Crippen molar-refractivity contribution in [1.82, 2.24) is 0 Å². The molecule has 129 valence electrons. The fourth-order valence-electron chi connectivity index (χ4n) is 2.55. The van der Waals surface area contributed by atoms with Crippen LogP contribution in [0.3, 0.4) is 0 Å². The SMILES string of the molecule is CC(C)(C)c1ccc([C](=O)[Al][C](=O)c2ccc(C(C)(C)C)cc2)cc1. The van der Waals surface area contributed by atoms with Gasteiger partial charge in [0.1, 0.15) is 0 Å². The van der Waals surface area contributed by atoms with Gasteiger partial charge in [-0.2, -0.15) is 0 Å². The third-order valence-electron chi connectivity index (χ3n) is 4.33. The minimum Gasteiger partial charge on any atom is -0.316 e. The molecule has 2 aromatic rings. The molecule has 0 aliphatic carbocycles. The van der Waals surface area contributed by atoms with E-state index in [9.17, 15) is 9.59 Å². The Balaban J connectivity index is 2.08. The summed E-state index contributed by atoms with van der Waals surface area (Å²) in [5.41, 5.74) is 3.73. The number of rotatable bonds is 4. The molecule has 2 aromatic carbocycles. The highest BCUT2D eigenvalue weighted by molar-refractivity contribution is 7.01. The highest BCUT2D eigenvalue weighted by atomic mass is 27.1. The van der Waals surface area contributed by atoms with Gasteiger partial charge in [0.2, 0.25) is 0 Å². The molecule has 0 spiro atoms. The maximum atomic E-state index is 12.4. The molecule has 25 heavy (non-hydrogen) atoms. The van der Waals surface area contributed by atoms with Crippen LogP contribution in [0.4, 0.5) is 0 Å². The predicted molar refractivity (Wildman–Crippen MR) is 105 cm³/mol. The first kappa shape index (κ1) is 19.6. The Labute approximate surface area is 157 Å².